The monoisotopic (exact) mass is 439 g/mol. The van der Waals surface area contributed by atoms with Crippen molar-refractivity contribution in [1.82, 2.24) is 15.5 Å². The second-order valence-corrected chi connectivity index (χ2v) is 7.60. The predicted octanol–water partition coefficient (Wildman–Crippen LogP) is 3.38. The Balaban J connectivity index is 1.59. The molecule has 0 atom stereocenters. The number of halogens is 1. The molecule has 0 fully saturated rings. The van der Waals surface area contributed by atoms with Crippen LogP contribution in [-0.4, -0.2) is 48.6 Å². The molecule has 1 aliphatic rings. The van der Waals surface area contributed by atoms with Crippen LogP contribution < -0.4 is 10.6 Å². The molecule has 1 aliphatic carbocycles. The Hall–Kier alpha value is -2.96. The Kier molecular flexibility index (Phi) is 7.60. The first-order chi connectivity index (χ1) is 15.0. The Morgan fingerprint density at radius 3 is 2.16 bits per heavy atom. The molecule has 162 valence electrons. The predicted molar refractivity (Wildman–Crippen MR) is 121 cm³/mol. The molecule has 0 radical (unpaired) electrons. The molecule has 0 spiro atoms. The standard InChI is InChI=1S/C24H26ClN3O3/c1-3-28(4-2)14-13-26-24(31)17-11-9-16(10-12-17)15-27-21-20(25)22(29)18-7-5-6-8-19(18)23(21)30/h5-12,27H,3-4,13-15H2,1-2H3,(H,26,31). The van der Waals surface area contributed by atoms with Crippen molar-refractivity contribution in [1.29, 1.82) is 0 Å². The van der Waals surface area contributed by atoms with E-state index in [9.17, 15) is 14.4 Å². The summed E-state index contributed by atoms with van der Waals surface area (Å²) < 4.78 is 0. The number of ketones is 2. The van der Waals surface area contributed by atoms with Gasteiger partial charge in [-0.3, -0.25) is 14.4 Å². The van der Waals surface area contributed by atoms with Crippen LogP contribution in [-0.2, 0) is 6.54 Å². The number of Topliss-reactive ketones (excluding diaryl/α,β-unsaturated/α-hetero) is 2. The van der Waals surface area contributed by atoms with Gasteiger partial charge in [0.15, 0.2) is 0 Å². The SMILES string of the molecule is CCN(CC)CCNC(=O)c1ccc(CNC2=C(Cl)C(=O)c3ccccc3C2=O)cc1. The van der Waals surface area contributed by atoms with Crippen molar-refractivity contribution in [2.75, 3.05) is 26.2 Å². The normalized spacial score (nSPS) is 13.4. The van der Waals surface area contributed by atoms with Crippen molar-refractivity contribution in [3.05, 3.63) is 81.5 Å². The Morgan fingerprint density at radius 1 is 0.935 bits per heavy atom. The lowest BCUT2D eigenvalue weighted by atomic mass is 9.92. The molecule has 0 heterocycles. The van der Waals surface area contributed by atoms with Gasteiger partial charge in [0.05, 0.1) is 0 Å². The van der Waals surface area contributed by atoms with Crippen LogP contribution in [0.15, 0.2) is 59.3 Å². The molecule has 0 unspecified atom stereocenters. The number of rotatable bonds is 9. The van der Waals surface area contributed by atoms with Crippen LogP contribution in [0.5, 0.6) is 0 Å². The van der Waals surface area contributed by atoms with Crippen molar-refractivity contribution >= 4 is 29.1 Å². The van der Waals surface area contributed by atoms with Gasteiger partial charge in [-0.1, -0.05) is 61.8 Å². The minimum atomic E-state index is -0.365. The highest BCUT2D eigenvalue weighted by molar-refractivity contribution is 6.49. The first-order valence-corrected chi connectivity index (χ1v) is 10.8. The maximum Gasteiger partial charge on any atom is 0.251 e. The van der Waals surface area contributed by atoms with Crippen molar-refractivity contribution in [2.45, 2.75) is 20.4 Å². The van der Waals surface area contributed by atoms with E-state index >= 15 is 0 Å². The first kappa shape index (κ1) is 22.7. The average Bonchev–Trinajstić information content (AvgIpc) is 2.80. The third-order valence-corrected chi connectivity index (χ3v) is 5.72. The van der Waals surface area contributed by atoms with E-state index < -0.39 is 0 Å². The third kappa shape index (κ3) is 5.21. The number of allylic oxidation sites excluding steroid dienone is 2. The van der Waals surface area contributed by atoms with Crippen molar-refractivity contribution < 1.29 is 14.4 Å². The number of carbonyl (C=O) groups is 3. The van der Waals surface area contributed by atoms with Gasteiger partial charge in [0.1, 0.15) is 10.7 Å². The smallest absolute Gasteiger partial charge is 0.251 e. The summed E-state index contributed by atoms with van der Waals surface area (Å²) in [6.07, 6.45) is 0. The zero-order valence-corrected chi connectivity index (χ0v) is 18.5. The van der Waals surface area contributed by atoms with Crippen molar-refractivity contribution in [2.24, 2.45) is 0 Å². The fraction of sp³-hybridized carbons (Fsp3) is 0.292. The van der Waals surface area contributed by atoms with Crippen LogP contribution in [0.3, 0.4) is 0 Å². The number of fused-ring (bicyclic) bond motifs is 1. The fourth-order valence-electron chi connectivity index (χ4n) is 3.44. The van der Waals surface area contributed by atoms with Gasteiger partial charge in [-0.25, -0.2) is 0 Å². The molecule has 0 aromatic heterocycles. The maximum absolute atomic E-state index is 12.7. The summed E-state index contributed by atoms with van der Waals surface area (Å²) >= 11 is 6.17. The largest absolute Gasteiger partial charge is 0.376 e. The summed E-state index contributed by atoms with van der Waals surface area (Å²) in [5.41, 5.74) is 2.19. The number of likely N-dealkylation sites (N-methyl/N-ethyl adjacent to an activating group) is 1. The maximum atomic E-state index is 12.7. The van der Waals surface area contributed by atoms with Gasteiger partial charge in [-0.15, -0.1) is 0 Å². The zero-order chi connectivity index (χ0) is 22.4. The van der Waals surface area contributed by atoms with Gasteiger partial charge < -0.3 is 15.5 Å². The summed E-state index contributed by atoms with van der Waals surface area (Å²) in [5.74, 6) is -0.789. The Morgan fingerprint density at radius 2 is 1.55 bits per heavy atom. The average molecular weight is 440 g/mol. The number of nitrogens with one attached hydrogen (secondary N) is 2. The minimum absolute atomic E-state index is 0.101. The molecule has 0 aliphatic heterocycles. The Bertz CT molecular complexity index is 1010. The summed E-state index contributed by atoms with van der Waals surface area (Å²) in [6, 6.07) is 13.7. The van der Waals surface area contributed by atoms with E-state index in [1.54, 1.807) is 36.4 Å². The highest BCUT2D eigenvalue weighted by atomic mass is 35.5. The van der Waals surface area contributed by atoms with Crippen LogP contribution in [0, 0.1) is 0 Å². The lowest BCUT2D eigenvalue weighted by molar-refractivity contribution is 0.0948. The molecule has 0 bridgehead atoms. The molecule has 0 saturated heterocycles. The van der Waals surface area contributed by atoms with E-state index in [0.29, 0.717) is 29.8 Å². The van der Waals surface area contributed by atoms with Gasteiger partial charge in [0, 0.05) is 36.3 Å². The number of hydrogen-bond acceptors (Lipinski definition) is 5. The highest BCUT2D eigenvalue weighted by Crippen LogP contribution is 2.27. The third-order valence-electron chi connectivity index (χ3n) is 5.36. The first-order valence-electron chi connectivity index (χ1n) is 10.4. The number of hydrogen-bond donors (Lipinski definition) is 2. The van der Waals surface area contributed by atoms with Crippen molar-refractivity contribution in [3.63, 3.8) is 0 Å². The van der Waals surface area contributed by atoms with Gasteiger partial charge in [0.25, 0.3) is 5.91 Å². The number of carbonyl (C=O) groups excluding carboxylic acids is 3. The van der Waals surface area contributed by atoms with E-state index in [4.69, 9.17) is 11.6 Å². The molecule has 2 N–H and O–H groups in total. The summed E-state index contributed by atoms with van der Waals surface area (Å²) in [7, 11) is 0. The lowest BCUT2D eigenvalue weighted by Gasteiger charge is -2.19. The molecular formula is C24H26ClN3O3. The number of nitrogens with zero attached hydrogens (tertiary/aromatic N) is 1. The summed E-state index contributed by atoms with van der Waals surface area (Å²) in [5, 5.41) is 5.81. The van der Waals surface area contributed by atoms with Gasteiger partial charge in [-0.05, 0) is 30.8 Å². The van der Waals surface area contributed by atoms with E-state index in [2.05, 4.69) is 29.4 Å². The molecule has 7 heteroatoms. The second-order valence-electron chi connectivity index (χ2n) is 7.23. The molecule has 3 rings (SSSR count). The van der Waals surface area contributed by atoms with E-state index in [-0.39, 0.29) is 28.2 Å². The molecular weight excluding hydrogens is 414 g/mol. The topological polar surface area (TPSA) is 78.5 Å². The van der Waals surface area contributed by atoms with E-state index in [1.165, 1.54) is 0 Å². The second kappa shape index (κ2) is 10.4. The zero-order valence-electron chi connectivity index (χ0n) is 17.7. The van der Waals surface area contributed by atoms with Crippen LogP contribution in [0.2, 0.25) is 0 Å². The van der Waals surface area contributed by atoms with Crippen molar-refractivity contribution in [3.8, 4) is 0 Å². The van der Waals surface area contributed by atoms with Gasteiger partial charge in [0.2, 0.25) is 11.6 Å². The summed E-state index contributed by atoms with van der Waals surface area (Å²) in [6.45, 7) is 7.80. The molecule has 0 saturated carbocycles. The Labute approximate surface area is 187 Å². The van der Waals surface area contributed by atoms with E-state index in [0.717, 1.165) is 25.2 Å². The molecule has 2 aromatic rings. The van der Waals surface area contributed by atoms with Crippen LogP contribution >= 0.6 is 11.6 Å². The molecule has 6 nitrogen and oxygen atoms in total. The number of amides is 1. The van der Waals surface area contributed by atoms with Crippen LogP contribution in [0.25, 0.3) is 0 Å². The summed E-state index contributed by atoms with van der Waals surface area (Å²) in [4.78, 5) is 39.7. The molecule has 2 aromatic carbocycles. The highest BCUT2D eigenvalue weighted by Gasteiger charge is 2.30. The molecule has 31 heavy (non-hydrogen) atoms. The van der Waals surface area contributed by atoms with Crippen LogP contribution in [0.4, 0.5) is 0 Å². The van der Waals surface area contributed by atoms with Gasteiger partial charge in [-0.2, -0.15) is 0 Å². The lowest BCUT2D eigenvalue weighted by Crippen LogP contribution is -2.34. The van der Waals surface area contributed by atoms with Gasteiger partial charge >= 0.3 is 0 Å². The molecule has 1 amide bonds. The minimum Gasteiger partial charge on any atom is -0.376 e. The number of benzene rings is 2. The van der Waals surface area contributed by atoms with Crippen LogP contribution in [0.1, 0.15) is 50.5 Å². The fourth-order valence-corrected chi connectivity index (χ4v) is 3.69. The quantitative estimate of drug-likeness (QED) is 0.626. The van der Waals surface area contributed by atoms with E-state index in [1.807, 2.05) is 12.1 Å².